The van der Waals surface area contributed by atoms with Crippen molar-refractivity contribution in [2.75, 3.05) is 19.6 Å². The second-order valence-electron chi connectivity index (χ2n) is 12.8. The second kappa shape index (κ2) is 10.5. The van der Waals surface area contributed by atoms with Gasteiger partial charge in [-0.2, -0.15) is 0 Å². The minimum absolute atomic E-state index is 0.00982. The summed E-state index contributed by atoms with van der Waals surface area (Å²) in [4.78, 5) is 18.4. The molecule has 3 heterocycles. The van der Waals surface area contributed by atoms with E-state index >= 15 is 0 Å². The van der Waals surface area contributed by atoms with E-state index < -0.39 is 6.10 Å². The van der Waals surface area contributed by atoms with Crippen LogP contribution in [0.4, 0.5) is 0 Å². The van der Waals surface area contributed by atoms with E-state index in [4.69, 9.17) is 9.15 Å². The molecule has 41 heavy (non-hydrogen) atoms. The van der Waals surface area contributed by atoms with Crippen LogP contribution in [0.2, 0.25) is 0 Å². The SMILES string of the molecule is CC(C)CN(C(=O)C=Cc1ccoc1)[C@@H]1CC[C@H]2[C@H]3Cc4cccc5c4[C@@]2(CCN3CC(O)c2ccccc2)[C@H]1O5. The number of likely N-dealkylation sites (tertiary alicyclic amines) is 1. The number of hydrogen-bond donors (Lipinski definition) is 1. The van der Waals surface area contributed by atoms with E-state index in [0.717, 1.165) is 49.1 Å². The molecule has 1 aromatic heterocycles. The fourth-order valence-electron chi connectivity index (χ4n) is 8.53. The van der Waals surface area contributed by atoms with E-state index in [1.165, 1.54) is 11.1 Å². The first-order chi connectivity index (χ1) is 20.0. The van der Waals surface area contributed by atoms with Crippen molar-refractivity contribution in [2.24, 2.45) is 11.8 Å². The largest absolute Gasteiger partial charge is 0.487 e. The first-order valence-electron chi connectivity index (χ1n) is 15.2. The normalized spacial score (nSPS) is 28.9. The van der Waals surface area contributed by atoms with Gasteiger partial charge in [0.15, 0.2) is 0 Å². The van der Waals surface area contributed by atoms with Crippen LogP contribution in [0.3, 0.4) is 0 Å². The number of aliphatic hydroxyl groups excluding tert-OH is 1. The number of benzene rings is 2. The third-order valence-electron chi connectivity index (χ3n) is 10.1. The van der Waals surface area contributed by atoms with Crippen LogP contribution in [0.25, 0.3) is 6.08 Å². The van der Waals surface area contributed by atoms with Gasteiger partial charge in [0, 0.05) is 41.7 Å². The molecule has 214 valence electrons. The van der Waals surface area contributed by atoms with Crippen molar-refractivity contribution >= 4 is 12.0 Å². The summed E-state index contributed by atoms with van der Waals surface area (Å²) in [6, 6.07) is 18.8. The number of hydrogen-bond acceptors (Lipinski definition) is 5. The van der Waals surface area contributed by atoms with Crippen LogP contribution in [0.15, 0.2) is 77.6 Å². The molecule has 3 aromatic rings. The molecule has 2 aromatic carbocycles. The summed E-state index contributed by atoms with van der Waals surface area (Å²) in [5.41, 5.74) is 4.55. The number of rotatable bonds is 8. The van der Waals surface area contributed by atoms with Crippen molar-refractivity contribution in [1.29, 1.82) is 0 Å². The predicted molar refractivity (Wildman–Crippen MR) is 158 cm³/mol. The Hall–Kier alpha value is -3.35. The monoisotopic (exact) mass is 552 g/mol. The van der Waals surface area contributed by atoms with Gasteiger partial charge in [0.05, 0.1) is 24.7 Å². The number of piperidine rings is 1. The molecule has 6 heteroatoms. The molecule has 1 N–H and O–H groups in total. The maximum absolute atomic E-state index is 13.8. The third kappa shape index (κ3) is 4.43. The molecule has 1 saturated carbocycles. The van der Waals surface area contributed by atoms with Gasteiger partial charge < -0.3 is 19.2 Å². The zero-order valence-corrected chi connectivity index (χ0v) is 24.0. The Balaban J connectivity index is 1.21. The smallest absolute Gasteiger partial charge is 0.246 e. The first kappa shape index (κ1) is 26.5. The van der Waals surface area contributed by atoms with E-state index in [2.05, 4.69) is 41.8 Å². The van der Waals surface area contributed by atoms with Crippen molar-refractivity contribution in [2.45, 2.75) is 69.2 Å². The summed E-state index contributed by atoms with van der Waals surface area (Å²) >= 11 is 0. The van der Waals surface area contributed by atoms with Gasteiger partial charge in [0.25, 0.3) is 0 Å². The molecule has 2 aliphatic carbocycles. The van der Waals surface area contributed by atoms with Crippen molar-refractivity contribution in [1.82, 2.24) is 9.80 Å². The lowest BCUT2D eigenvalue weighted by Crippen LogP contribution is -2.69. The fourth-order valence-corrected chi connectivity index (χ4v) is 8.53. The number of ether oxygens (including phenoxy) is 1. The Labute approximate surface area is 242 Å². The fraction of sp³-hybridized carbons (Fsp3) is 0.457. The van der Waals surface area contributed by atoms with Crippen LogP contribution in [-0.2, 0) is 16.6 Å². The van der Waals surface area contributed by atoms with Crippen LogP contribution < -0.4 is 4.74 Å². The summed E-state index contributed by atoms with van der Waals surface area (Å²) in [7, 11) is 0. The lowest BCUT2D eigenvalue weighted by atomic mass is 9.51. The quantitative estimate of drug-likeness (QED) is 0.368. The molecule has 6 atom stereocenters. The number of furan rings is 1. The highest BCUT2D eigenvalue weighted by atomic mass is 16.5. The molecule has 4 aliphatic rings. The summed E-state index contributed by atoms with van der Waals surface area (Å²) in [5.74, 6) is 1.84. The second-order valence-corrected chi connectivity index (χ2v) is 12.8. The minimum Gasteiger partial charge on any atom is -0.487 e. The van der Waals surface area contributed by atoms with E-state index in [-0.39, 0.29) is 23.5 Å². The maximum Gasteiger partial charge on any atom is 0.246 e. The number of carbonyl (C=O) groups excluding carboxylic acids is 1. The van der Waals surface area contributed by atoms with Gasteiger partial charge in [0.2, 0.25) is 5.91 Å². The molecular formula is C35H40N2O4. The zero-order chi connectivity index (χ0) is 28.1. The Morgan fingerprint density at radius 2 is 2.00 bits per heavy atom. The average Bonchev–Trinajstić information content (AvgIpc) is 3.62. The van der Waals surface area contributed by atoms with E-state index in [1.807, 2.05) is 42.5 Å². The molecule has 0 radical (unpaired) electrons. The minimum atomic E-state index is -0.508. The van der Waals surface area contributed by atoms with Gasteiger partial charge in [0.1, 0.15) is 11.9 Å². The van der Waals surface area contributed by atoms with Gasteiger partial charge in [-0.3, -0.25) is 9.69 Å². The highest BCUT2D eigenvalue weighted by Crippen LogP contribution is 2.62. The molecule has 1 spiro atoms. The molecule has 1 amide bonds. The van der Waals surface area contributed by atoms with E-state index in [1.54, 1.807) is 18.6 Å². The maximum atomic E-state index is 13.8. The Morgan fingerprint density at radius 3 is 2.78 bits per heavy atom. The molecule has 2 fully saturated rings. The van der Waals surface area contributed by atoms with Crippen LogP contribution >= 0.6 is 0 Å². The lowest BCUT2D eigenvalue weighted by molar-refractivity contribution is -0.139. The number of amides is 1. The Bertz CT molecular complexity index is 1420. The average molecular weight is 553 g/mol. The molecule has 6 nitrogen and oxygen atoms in total. The number of carbonyl (C=O) groups is 1. The highest BCUT2D eigenvalue weighted by Gasteiger charge is 2.66. The van der Waals surface area contributed by atoms with Gasteiger partial charge >= 0.3 is 0 Å². The number of β-amino-alcohol motifs (C(OH)–C–C–N with tert-alkyl or cyclic N) is 1. The van der Waals surface area contributed by atoms with Crippen molar-refractivity contribution in [3.05, 3.63) is 95.5 Å². The van der Waals surface area contributed by atoms with Crippen LogP contribution in [0.1, 0.15) is 61.5 Å². The molecule has 7 rings (SSSR count). The Morgan fingerprint density at radius 1 is 1.15 bits per heavy atom. The van der Waals surface area contributed by atoms with E-state index in [9.17, 15) is 9.90 Å². The number of nitrogens with zero attached hydrogens (tertiary/aromatic N) is 2. The standard InChI is InChI=1S/C35H40N2O4/c1-23(2)20-37(32(39)14-11-24-15-18-40-22-24)28-13-12-27-29-19-26-9-6-10-31-33(26)35(27,34(28)41-31)16-17-36(29)21-30(38)25-7-4-3-5-8-25/h3-11,14-15,18,22-23,27-30,34,38H,12-13,16-17,19-21H2,1-2H3/t27-,28+,29+,30?,34-,35-/m0/s1. The van der Waals surface area contributed by atoms with Gasteiger partial charge in [-0.15, -0.1) is 0 Å². The highest BCUT2D eigenvalue weighted by molar-refractivity contribution is 5.92. The van der Waals surface area contributed by atoms with Crippen LogP contribution in [0.5, 0.6) is 5.75 Å². The number of aliphatic hydroxyl groups is 1. The van der Waals surface area contributed by atoms with Gasteiger partial charge in [-0.05, 0) is 73.4 Å². The Kier molecular flexibility index (Phi) is 6.79. The van der Waals surface area contributed by atoms with Gasteiger partial charge in [-0.1, -0.05) is 56.3 Å². The summed E-state index contributed by atoms with van der Waals surface area (Å²) < 4.78 is 12.1. The van der Waals surface area contributed by atoms with E-state index in [0.29, 0.717) is 31.0 Å². The predicted octanol–water partition coefficient (Wildman–Crippen LogP) is 5.62. The van der Waals surface area contributed by atoms with Gasteiger partial charge in [-0.25, -0.2) is 0 Å². The molecule has 2 bridgehead atoms. The van der Waals surface area contributed by atoms with Crippen molar-refractivity contribution < 1.29 is 19.1 Å². The topological polar surface area (TPSA) is 66.2 Å². The summed E-state index contributed by atoms with van der Waals surface area (Å²) in [6.45, 7) is 6.62. The van der Waals surface area contributed by atoms with Crippen molar-refractivity contribution in [3.8, 4) is 5.75 Å². The zero-order valence-electron chi connectivity index (χ0n) is 24.0. The molecular weight excluding hydrogens is 512 g/mol. The molecule has 1 saturated heterocycles. The summed E-state index contributed by atoms with van der Waals surface area (Å²) in [5, 5.41) is 11.2. The summed E-state index contributed by atoms with van der Waals surface area (Å²) in [6.07, 6.45) is 10.2. The molecule has 1 unspecified atom stereocenters. The lowest BCUT2D eigenvalue weighted by Gasteiger charge is -2.60. The van der Waals surface area contributed by atoms with Crippen molar-refractivity contribution in [3.63, 3.8) is 0 Å². The molecule has 2 aliphatic heterocycles. The first-order valence-corrected chi connectivity index (χ1v) is 15.2. The van der Waals surface area contributed by atoms with Crippen LogP contribution in [-0.4, -0.2) is 58.6 Å². The van der Waals surface area contributed by atoms with Crippen LogP contribution in [0, 0.1) is 11.8 Å². The third-order valence-corrected chi connectivity index (χ3v) is 10.1.